The third kappa shape index (κ3) is 3.85. The number of unbranched alkanes of at least 4 members (excludes halogenated alkanes) is 1. The molecular formula is C17H27ClN4OS. The molecule has 3 atom stereocenters. The van der Waals surface area contributed by atoms with E-state index in [1.807, 2.05) is 0 Å². The lowest BCUT2D eigenvalue weighted by atomic mass is 9.45. The number of hydrogen-bond donors (Lipinski definition) is 2. The number of carbonyl (C=O) groups excluding carboxylic acids is 1. The van der Waals surface area contributed by atoms with Crippen molar-refractivity contribution in [1.82, 2.24) is 10.2 Å². The summed E-state index contributed by atoms with van der Waals surface area (Å²) in [6, 6.07) is 0. The molecule has 3 aliphatic rings. The van der Waals surface area contributed by atoms with Gasteiger partial charge in [0.05, 0.1) is 0 Å². The van der Waals surface area contributed by atoms with Crippen molar-refractivity contribution < 1.29 is 4.79 Å². The molecule has 1 aromatic heterocycles. The minimum absolute atomic E-state index is 0.0163. The lowest BCUT2D eigenvalue weighted by Crippen LogP contribution is -2.53. The first-order chi connectivity index (χ1) is 11.5. The second-order valence-electron chi connectivity index (χ2n) is 7.69. The van der Waals surface area contributed by atoms with Crippen LogP contribution in [0.3, 0.4) is 0 Å². The maximum absolute atomic E-state index is 11.8. The van der Waals surface area contributed by atoms with Crippen LogP contribution in [0.25, 0.3) is 0 Å². The Morgan fingerprint density at radius 3 is 2.79 bits per heavy atom. The Labute approximate surface area is 153 Å². The normalized spacial score (nSPS) is 27.4. The number of carbonyl (C=O) groups is 1. The Hall–Kier alpha value is -0.880. The SMILES string of the molecule is CC1(C)C2CC[C@@H](CNc3nnc(NC(=O)CCCCCl)s3)C1C2. The highest BCUT2D eigenvalue weighted by Gasteiger charge is 2.53. The van der Waals surface area contributed by atoms with Crippen molar-refractivity contribution in [3.8, 4) is 0 Å². The molecular weight excluding hydrogens is 344 g/mol. The Morgan fingerprint density at radius 2 is 2.08 bits per heavy atom. The number of amides is 1. The van der Waals surface area contributed by atoms with Crippen LogP contribution in [0.1, 0.15) is 52.4 Å². The van der Waals surface area contributed by atoms with Gasteiger partial charge in [0.1, 0.15) is 0 Å². The molecule has 4 rings (SSSR count). The van der Waals surface area contributed by atoms with Gasteiger partial charge in [-0.15, -0.1) is 21.8 Å². The van der Waals surface area contributed by atoms with Gasteiger partial charge in [-0.05, 0) is 55.3 Å². The van der Waals surface area contributed by atoms with Crippen LogP contribution in [0, 0.1) is 23.2 Å². The van der Waals surface area contributed by atoms with E-state index in [0.717, 1.165) is 42.3 Å². The quantitative estimate of drug-likeness (QED) is 0.526. The van der Waals surface area contributed by atoms with Crippen molar-refractivity contribution in [2.24, 2.45) is 23.2 Å². The fraction of sp³-hybridized carbons (Fsp3) is 0.824. The predicted octanol–water partition coefficient (Wildman–Crippen LogP) is 4.37. The van der Waals surface area contributed by atoms with Crippen molar-refractivity contribution in [1.29, 1.82) is 0 Å². The highest BCUT2D eigenvalue weighted by Crippen LogP contribution is 2.61. The molecule has 24 heavy (non-hydrogen) atoms. The van der Waals surface area contributed by atoms with E-state index in [9.17, 15) is 4.79 Å². The molecule has 2 bridgehead atoms. The number of halogens is 1. The maximum atomic E-state index is 11.8. The summed E-state index contributed by atoms with van der Waals surface area (Å²) < 4.78 is 0. The van der Waals surface area contributed by atoms with E-state index in [4.69, 9.17) is 11.6 Å². The van der Waals surface area contributed by atoms with Crippen LogP contribution in [-0.2, 0) is 4.79 Å². The molecule has 0 spiro atoms. The van der Waals surface area contributed by atoms with Gasteiger partial charge in [0.15, 0.2) is 0 Å². The standard InChI is InChI=1S/C17H27ClN4OS/c1-17(2)12-7-6-11(13(17)9-12)10-19-15-21-22-16(24-15)20-14(23)5-3-4-8-18/h11-13H,3-10H2,1-2H3,(H,19,21)(H,20,22,23)/t11-,12?,13?/m0/s1. The van der Waals surface area contributed by atoms with E-state index in [-0.39, 0.29) is 5.91 Å². The monoisotopic (exact) mass is 370 g/mol. The first-order valence-corrected chi connectivity index (χ1v) is 10.3. The summed E-state index contributed by atoms with van der Waals surface area (Å²) in [5, 5.41) is 15.8. The summed E-state index contributed by atoms with van der Waals surface area (Å²) in [6.07, 6.45) is 6.20. The number of rotatable bonds is 8. The van der Waals surface area contributed by atoms with Gasteiger partial charge in [-0.25, -0.2) is 0 Å². The molecule has 1 amide bonds. The minimum Gasteiger partial charge on any atom is -0.360 e. The van der Waals surface area contributed by atoms with Crippen molar-refractivity contribution in [3.05, 3.63) is 0 Å². The van der Waals surface area contributed by atoms with Crippen LogP contribution >= 0.6 is 22.9 Å². The van der Waals surface area contributed by atoms with Crippen molar-refractivity contribution in [2.45, 2.75) is 52.4 Å². The molecule has 2 N–H and O–H groups in total. The van der Waals surface area contributed by atoms with Crippen molar-refractivity contribution >= 4 is 39.1 Å². The molecule has 7 heteroatoms. The highest BCUT2D eigenvalue weighted by atomic mass is 35.5. The average Bonchev–Trinajstić information content (AvgIpc) is 3.00. The zero-order chi connectivity index (χ0) is 17.2. The fourth-order valence-corrected chi connectivity index (χ4v) is 5.19. The molecule has 5 nitrogen and oxygen atoms in total. The number of nitrogens with one attached hydrogen (secondary N) is 2. The third-order valence-electron chi connectivity index (χ3n) is 5.98. The summed E-state index contributed by atoms with van der Waals surface area (Å²) in [4.78, 5) is 11.8. The molecule has 0 saturated heterocycles. The molecule has 3 aliphatic carbocycles. The Balaban J connectivity index is 1.44. The molecule has 0 aliphatic heterocycles. The van der Waals surface area contributed by atoms with Crippen LogP contribution in [-0.4, -0.2) is 28.5 Å². The zero-order valence-corrected chi connectivity index (χ0v) is 16.1. The first-order valence-electron chi connectivity index (χ1n) is 8.94. The number of fused-ring (bicyclic) bond motifs is 2. The third-order valence-corrected chi connectivity index (χ3v) is 7.04. The lowest BCUT2D eigenvalue weighted by Gasteiger charge is -2.60. The number of hydrogen-bond acceptors (Lipinski definition) is 5. The molecule has 0 radical (unpaired) electrons. The van der Waals surface area contributed by atoms with Crippen molar-refractivity contribution in [2.75, 3.05) is 23.1 Å². The minimum atomic E-state index is -0.0163. The molecule has 0 aromatic carbocycles. The van der Waals surface area contributed by atoms with Gasteiger partial charge >= 0.3 is 0 Å². The molecule has 3 saturated carbocycles. The topological polar surface area (TPSA) is 66.9 Å². The van der Waals surface area contributed by atoms with Crippen LogP contribution < -0.4 is 10.6 Å². The van der Waals surface area contributed by atoms with E-state index in [1.54, 1.807) is 0 Å². The molecule has 2 unspecified atom stereocenters. The van der Waals surface area contributed by atoms with Crippen LogP contribution in [0.5, 0.6) is 0 Å². The number of aromatic nitrogens is 2. The zero-order valence-electron chi connectivity index (χ0n) is 14.5. The molecule has 134 valence electrons. The van der Waals surface area contributed by atoms with Gasteiger partial charge in [-0.1, -0.05) is 25.2 Å². The summed E-state index contributed by atoms with van der Waals surface area (Å²) >= 11 is 7.03. The summed E-state index contributed by atoms with van der Waals surface area (Å²) in [7, 11) is 0. The molecule has 1 heterocycles. The van der Waals surface area contributed by atoms with E-state index >= 15 is 0 Å². The second kappa shape index (κ2) is 7.56. The summed E-state index contributed by atoms with van der Waals surface area (Å²) in [6.45, 7) is 5.79. The van der Waals surface area contributed by atoms with E-state index in [2.05, 4.69) is 34.7 Å². The maximum Gasteiger partial charge on any atom is 0.226 e. The lowest BCUT2D eigenvalue weighted by molar-refractivity contribution is -0.116. The van der Waals surface area contributed by atoms with Gasteiger partial charge in [-0.2, -0.15) is 0 Å². The average molecular weight is 371 g/mol. The van der Waals surface area contributed by atoms with E-state index in [0.29, 0.717) is 22.8 Å². The van der Waals surface area contributed by atoms with Crippen LogP contribution in [0.4, 0.5) is 10.3 Å². The number of alkyl halides is 1. The molecule has 1 aromatic rings. The smallest absolute Gasteiger partial charge is 0.226 e. The van der Waals surface area contributed by atoms with Gasteiger partial charge in [-0.3, -0.25) is 4.79 Å². The van der Waals surface area contributed by atoms with Crippen LogP contribution in [0.15, 0.2) is 0 Å². The molecule has 3 fully saturated rings. The van der Waals surface area contributed by atoms with Gasteiger partial charge < -0.3 is 10.6 Å². The second-order valence-corrected chi connectivity index (χ2v) is 9.04. The fourth-order valence-electron chi connectivity index (χ4n) is 4.33. The highest BCUT2D eigenvalue weighted by molar-refractivity contribution is 7.19. The Bertz CT molecular complexity index is 575. The van der Waals surface area contributed by atoms with E-state index in [1.165, 1.54) is 30.6 Å². The van der Waals surface area contributed by atoms with Gasteiger partial charge in [0.25, 0.3) is 0 Å². The first kappa shape index (κ1) is 17.9. The van der Waals surface area contributed by atoms with E-state index < -0.39 is 0 Å². The Morgan fingerprint density at radius 1 is 1.29 bits per heavy atom. The van der Waals surface area contributed by atoms with Gasteiger partial charge in [0.2, 0.25) is 16.2 Å². The summed E-state index contributed by atoms with van der Waals surface area (Å²) in [5.74, 6) is 3.07. The van der Waals surface area contributed by atoms with Crippen LogP contribution in [0.2, 0.25) is 0 Å². The Kier molecular flexibility index (Phi) is 5.65. The van der Waals surface area contributed by atoms with Crippen molar-refractivity contribution in [3.63, 3.8) is 0 Å². The van der Waals surface area contributed by atoms with Gasteiger partial charge in [0, 0.05) is 18.8 Å². The number of nitrogens with zero attached hydrogens (tertiary/aromatic N) is 2. The predicted molar refractivity (Wildman–Crippen MR) is 99.7 cm³/mol. The largest absolute Gasteiger partial charge is 0.360 e. The number of anilines is 2. The summed E-state index contributed by atoms with van der Waals surface area (Å²) in [5.41, 5.74) is 0.508.